The Morgan fingerprint density at radius 3 is 1.47 bits per heavy atom. The fourth-order valence-corrected chi connectivity index (χ4v) is 2.62. The van der Waals surface area contributed by atoms with E-state index in [1.165, 1.54) is 0 Å². The lowest BCUT2D eigenvalue weighted by Crippen LogP contribution is -2.30. The van der Waals surface area contributed by atoms with Crippen LogP contribution in [-0.4, -0.2) is 65.4 Å². The molecule has 0 aromatic heterocycles. The molecule has 8 heteroatoms. The maximum absolute atomic E-state index is 12.3. The molecule has 32 heavy (non-hydrogen) atoms. The summed E-state index contributed by atoms with van der Waals surface area (Å²) in [6.45, 7) is 2.79. The van der Waals surface area contributed by atoms with E-state index in [-0.39, 0.29) is 13.2 Å². The minimum Gasteiger partial charge on any atom is -0.458 e. The fraction of sp³-hybridized carbons (Fsp3) is 0.292. The van der Waals surface area contributed by atoms with Crippen molar-refractivity contribution in [1.82, 2.24) is 0 Å². The van der Waals surface area contributed by atoms with E-state index in [4.69, 9.17) is 14.2 Å². The van der Waals surface area contributed by atoms with Crippen molar-refractivity contribution in [3.05, 3.63) is 72.3 Å². The van der Waals surface area contributed by atoms with Crippen LogP contribution in [0.3, 0.4) is 0 Å². The summed E-state index contributed by atoms with van der Waals surface area (Å²) >= 11 is 0. The van der Waals surface area contributed by atoms with Crippen LogP contribution in [0.5, 0.6) is 0 Å². The second kappa shape index (κ2) is 11.5. The summed E-state index contributed by atoms with van der Waals surface area (Å²) < 4.78 is 15.7. The second-order valence-corrected chi connectivity index (χ2v) is 7.34. The molecule has 0 aliphatic heterocycles. The highest BCUT2D eigenvalue weighted by molar-refractivity contribution is 5.90. The van der Waals surface area contributed by atoms with Crippen molar-refractivity contribution in [1.29, 1.82) is 0 Å². The normalized spacial score (nSPS) is 10.3. The van der Waals surface area contributed by atoms with Gasteiger partial charge in [-0.3, -0.25) is 0 Å². The lowest BCUT2D eigenvalue weighted by Gasteiger charge is -2.18. The Hall–Kier alpha value is -3.81. The first-order chi connectivity index (χ1) is 15.2. The molecule has 0 radical (unpaired) electrons. The highest BCUT2D eigenvalue weighted by Gasteiger charge is 2.20. The molecule has 0 saturated carbocycles. The number of ether oxygens (including phenoxy) is 3. The molecule has 2 aromatic carbocycles. The maximum atomic E-state index is 12.3. The zero-order valence-electron chi connectivity index (χ0n) is 18.7. The molecule has 0 aliphatic carbocycles. The standard InChI is InChI=1S/C24H28N2O6/c1-6-22(27)32-21(15-30-23(28)17-7-11-19(12-8-17)25(2)3)16-31-24(29)18-9-13-20(14-10-18)26(4)5/h6-14,21H,1,15-16H2,2-5H3. The number of nitrogens with zero attached hydrogens (tertiary/aromatic N) is 2. The number of hydrogen-bond acceptors (Lipinski definition) is 8. The van der Waals surface area contributed by atoms with Gasteiger partial charge < -0.3 is 24.0 Å². The van der Waals surface area contributed by atoms with Crippen LogP contribution in [0.2, 0.25) is 0 Å². The van der Waals surface area contributed by atoms with Gasteiger partial charge in [-0.15, -0.1) is 0 Å². The summed E-state index contributed by atoms with van der Waals surface area (Å²) in [6, 6.07) is 13.7. The number of benzene rings is 2. The first-order valence-electron chi connectivity index (χ1n) is 9.93. The third kappa shape index (κ3) is 7.16. The molecule has 0 spiro atoms. The van der Waals surface area contributed by atoms with Crippen LogP contribution in [0, 0.1) is 0 Å². The smallest absolute Gasteiger partial charge is 0.338 e. The van der Waals surface area contributed by atoms with Crippen molar-refractivity contribution in [3.8, 4) is 0 Å². The summed E-state index contributed by atoms with van der Waals surface area (Å²) in [4.78, 5) is 40.1. The summed E-state index contributed by atoms with van der Waals surface area (Å²) in [5, 5.41) is 0. The van der Waals surface area contributed by atoms with E-state index in [0.29, 0.717) is 11.1 Å². The quantitative estimate of drug-likeness (QED) is 0.317. The second-order valence-electron chi connectivity index (χ2n) is 7.34. The third-order valence-electron chi connectivity index (χ3n) is 4.49. The summed E-state index contributed by atoms with van der Waals surface area (Å²) in [7, 11) is 7.57. The van der Waals surface area contributed by atoms with Crippen molar-refractivity contribution in [2.75, 3.05) is 51.2 Å². The van der Waals surface area contributed by atoms with Crippen molar-refractivity contribution >= 4 is 29.3 Å². The lowest BCUT2D eigenvalue weighted by molar-refractivity contribution is -0.147. The number of rotatable bonds is 10. The lowest BCUT2D eigenvalue weighted by atomic mass is 10.2. The van der Waals surface area contributed by atoms with Crippen LogP contribution in [0.4, 0.5) is 11.4 Å². The van der Waals surface area contributed by atoms with Crippen LogP contribution in [0.15, 0.2) is 61.2 Å². The monoisotopic (exact) mass is 440 g/mol. The van der Waals surface area contributed by atoms with Crippen LogP contribution in [0.1, 0.15) is 20.7 Å². The van der Waals surface area contributed by atoms with E-state index in [1.807, 2.05) is 38.0 Å². The maximum Gasteiger partial charge on any atom is 0.338 e. The Bertz CT molecular complexity index is 868. The van der Waals surface area contributed by atoms with Gasteiger partial charge in [-0.1, -0.05) is 6.58 Å². The van der Waals surface area contributed by atoms with Crippen molar-refractivity contribution in [2.45, 2.75) is 6.10 Å². The Kier molecular flexibility index (Phi) is 8.83. The molecule has 0 atom stereocenters. The van der Waals surface area contributed by atoms with Gasteiger partial charge in [0.2, 0.25) is 0 Å². The molecule has 170 valence electrons. The van der Waals surface area contributed by atoms with Gasteiger partial charge in [0.05, 0.1) is 11.1 Å². The molecule has 0 fully saturated rings. The van der Waals surface area contributed by atoms with Gasteiger partial charge in [0, 0.05) is 45.6 Å². The predicted octanol–water partition coefficient (Wildman–Crippen LogP) is 2.93. The molecular weight excluding hydrogens is 412 g/mol. The zero-order valence-corrected chi connectivity index (χ0v) is 18.7. The predicted molar refractivity (Wildman–Crippen MR) is 122 cm³/mol. The number of carbonyl (C=O) groups is 3. The van der Waals surface area contributed by atoms with Gasteiger partial charge in [-0.05, 0) is 48.5 Å². The van der Waals surface area contributed by atoms with Gasteiger partial charge >= 0.3 is 17.9 Å². The van der Waals surface area contributed by atoms with E-state index in [9.17, 15) is 14.4 Å². The Labute approximate surface area is 188 Å². The van der Waals surface area contributed by atoms with E-state index >= 15 is 0 Å². The van der Waals surface area contributed by atoms with Crippen LogP contribution in [0.25, 0.3) is 0 Å². The molecule has 0 bridgehead atoms. The number of hydrogen-bond donors (Lipinski definition) is 0. The van der Waals surface area contributed by atoms with E-state index in [2.05, 4.69) is 6.58 Å². The third-order valence-corrected chi connectivity index (χ3v) is 4.49. The fourth-order valence-electron chi connectivity index (χ4n) is 2.62. The van der Waals surface area contributed by atoms with Gasteiger partial charge in [-0.2, -0.15) is 0 Å². The molecule has 0 aliphatic rings. The van der Waals surface area contributed by atoms with E-state index in [0.717, 1.165) is 17.5 Å². The van der Waals surface area contributed by atoms with Crippen molar-refractivity contribution in [3.63, 3.8) is 0 Å². The largest absolute Gasteiger partial charge is 0.458 e. The van der Waals surface area contributed by atoms with Crippen LogP contribution >= 0.6 is 0 Å². The summed E-state index contributed by atoms with van der Waals surface area (Å²) in [5.74, 6) is -1.88. The SMILES string of the molecule is C=CC(=O)OC(COC(=O)c1ccc(N(C)C)cc1)COC(=O)c1ccc(N(C)C)cc1. The molecule has 0 N–H and O–H groups in total. The molecule has 2 aromatic rings. The molecule has 8 nitrogen and oxygen atoms in total. The average molecular weight is 440 g/mol. The van der Waals surface area contributed by atoms with Gasteiger partial charge in [0.1, 0.15) is 13.2 Å². The molecule has 0 unspecified atom stereocenters. The minimum atomic E-state index is -0.976. The van der Waals surface area contributed by atoms with E-state index < -0.39 is 24.0 Å². The molecule has 0 heterocycles. The number of carbonyl (C=O) groups excluding carboxylic acids is 3. The van der Waals surface area contributed by atoms with Gasteiger partial charge in [-0.25, -0.2) is 14.4 Å². The van der Waals surface area contributed by atoms with Crippen LogP contribution < -0.4 is 9.80 Å². The number of esters is 3. The number of anilines is 2. The first-order valence-corrected chi connectivity index (χ1v) is 9.93. The molecule has 2 rings (SSSR count). The summed E-state index contributed by atoms with van der Waals surface area (Å²) in [5.41, 5.74) is 2.57. The van der Waals surface area contributed by atoms with Gasteiger partial charge in [0.25, 0.3) is 0 Å². The molecule has 0 amide bonds. The molecule has 0 saturated heterocycles. The zero-order chi connectivity index (χ0) is 23.7. The minimum absolute atomic E-state index is 0.277. The highest BCUT2D eigenvalue weighted by atomic mass is 16.6. The summed E-state index contributed by atoms with van der Waals surface area (Å²) in [6.07, 6.45) is 0.00633. The topological polar surface area (TPSA) is 85.4 Å². The average Bonchev–Trinajstić information content (AvgIpc) is 2.80. The van der Waals surface area contributed by atoms with Crippen molar-refractivity contribution < 1.29 is 28.6 Å². The molecular formula is C24H28N2O6. The van der Waals surface area contributed by atoms with Crippen molar-refractivity contribution in [2.24, 2.45) is 0 Å². The Morgan fingerprint density at radius 2 is 1.16 bits per heavy atom. The van der Waals surface area contributed by atoms with Crippen LogP contribution in [-0.2, 0) is 19.0 Å². The van der Waals surface area contributed by atoms with Gasteiger partial charge in [0.15, 0.2) is 6.10 Å². The Morgan fingerprint density at radius 1 is 0.781 bits per heavy atom. The first kappa shape index (κ1) is 24.5. The van der Waals surface area contributed by atoms with E-state index in [1.54, 1.807) is 48.5 Å². The highest BCUT2D eigenvalue weighted by Crippen LogP contribution is 2.15. The Balaban J connectivity index is 1.96.